The number of nitrogens with zero attached hydrogens (tertiary/aromatic N) is 2. The largest absolute Gasteiger partial charge is 0.478 e. The lowest BCUT2D eigenvalue weighted by Gasteiger charge is -2.15. The first-order chi connectivity index (χ1) is 17.0. The Morgan fingerprint density at radius 1 is 0.971 bits per heavy atom. The molecule has 1 saturated heterocycles. The molecular formula is C27H17ClN2O4S. The van der Waals surface area contributed by atoms with Crippen molar-refractivity contribution in [1.82, 2.24) is 0 Å². The third kappa shape index (κ3) is 4.77. The number of anilines is 1. The molecule has 2 heterocycles. The highest BCUT2D eigenvalue weighted by Crippen LogP contribution is 2.38. The maximum Gasteiger partial charge on any atom is 0.337 e. The van der Waals surface area contributed by atoms with Crippen LogP contribution in [-0.2, 0) is 4.79 Å². The first kappa shape index (κ1) is 22.7. The van der Waals surface area contributed by atoms with Crippen molar-refractivity contribution in [2.75, 3.05) is 4.90 Å². The number of amides is 1. The molecule has 5 rings (SSSR count). The summed E-state index contributed by atoms with van der Waals surface area (Å²) in [5.41, 5.74) is 2.11. The summed E-state index contributed by atoms with van der Waals surface area (Å²) < 4.78 is 5.92. The maximum absolute atomic E-state index is 13.4. The van der Waals surface area contributed by atoms with E-state index in [1.165, 1.54) is 23.9 Å². The van der Waals surface area contributed by atoms with Crippen molar-refractivity contribution in [3.63, 3.8) is 0 Å². The van der Waals surface area contributed by atoms with Gasteiger partial charge in [-0.2, -0.15) is 0 Å². The minimum Gasteiger partial charge on any atom is -0.478 e. The number of para-hydroxylation sites is 2. The molecule has 0 aliphatic carbocycles. The summed E-state index contributed by atoms with van der Waals surface area (Å²) in [7, 11) is 0. The van der Waals surface area contributed by atoms with E-state index < -0.39 is 5.97 Å². The Labute approximate surface area is 210 Å². The lowest BCUT2D eigenvalue weighted by Crippen LogP contribution is -2.28. The average molecular weight is 501 g/mol. The van der Waals surface area contributed by atoms with Gasteiger partial charge in [0.1, 0.15) is 11.5 Å². The van der Waals surface area contributed by atoms with Gasteiger partial charge in [0.2, 0.25) is 0 Å². The number of amidine groups is 1. The topological polar surface area (TPSA) is 83.1 Å². The molecule has 172 valence electrons. The molecule has 35 heavy (non-hydrogen) atoms. The number of carboxylic acids is 1. The summed E-state index contributed by atoms with van der Waals surface area (Å²) in [5, 5.41) is 9.83. The van der Waals surface area contributed by atoms with Gasteiger partial charge >= 0.3 is 5.97 Å². The lowest BCUT2D eigenvalue weighted by atomic mass is 10.1. The third-order valence-corrected chi connectivity index (χ3v) is 6.47. The van der Waals surface area contributed by atoms with Gasteiger partial charge in [0, 0.05) is 11.6 Å². The highest BCUT2D eigenvalue weighted by molar-refractivity contribution is 8.19. The molecule has 6 nitrogen and oxygen atoms in total. The van der Waals surface area contributed by atoms with Crippen LogP contribution >= 0.6 is 23.4 Å². The molecule has 1 aromatic heterocycles. The molecule has 1 N–H and O–H groups in total. The van der Waals surface area contributed by atoms with Crippen LogP contribution in [0.4, 0.5) is 11.4 Å². The summed E-state index contributed by atoms with van der Waals surface area (Å²) >= 11 is 7.36. The number of thioether (sulfide) groups is 1. The zero-order valence-corrected chi connectivity index (χ0v) is 19.7. The van der Waals surface area contributed by atoms with Gasteiger partial charge in [0.25, 0.3) is 5.91 Å². The van der Waals surface area contributed by atoms with Gasteiger partial charge < -0.3 is 9.52 Å². The zero-order chi connectivity index (χ0) is 24.4. The smallest absolute Gasteiger partial charge is 0.337 e. The van der Waals surface area contributed by atoms with Gasteiger partial charge in [0.15, 0.2) is 5.17 Å². The molecule has 0 atom stereocenters. The van der Waals surface area contributed by atoms with Crippen molar-refractivity contribution < 1.29 is 19.1 Å². The van der Waals surface area contributed by atoms with Gasteiger partial charge in [-0.05, 0) is 60.3 Å². The molecule has 1 aliphatic rings. The highest BCUT2D eigenvalue weighted by Gasteiger charge is 2.35. The average Bonchev–Trinajstić information content (AvgIpc) is 3.44. The van der Waals surface area contributed by atoms with Gasteiger partial charge in [-0.25, -0.2) is 9.79 Å². The summed E-state index contributed by atoms with van der Waals surface area (Å²) in [6.07, 6.45) is 1.67. The van der Waals surface area contributed by atoms with Gasteiger partial charge in [0.05, 0.1) is 26.9 Å². The third-order valence-electron chi connectivity index (χ3n) is 5.19. The molecule has 0 bridgehead atoms. The van der Waals surface area contributed by atoms with Crippen LogP contribution in [0.25, 0.3) is 17.4 Å². The molecule has 3 aromatic carbocycles. The van der Waals surface area contributed by atoms with E-state index in [2.05, 4.69) is 0 Å². The van der Waals surface area contributed by atoms with E-state index in [-0.39, 0.29) is 16.5 Å². The number of carboxylic acid groups (broad SMARTS) is 1. The van der Waals surface area contributed by atoms with Crippen LogP contribution in [-0.4, -0.2) is 22.2 Å². The molecule has 0 spiro atoms. The standard InChI is InChI=1S/C27H17ClN2O4S/c28-22-15-17(11-13-21(22)26(32)33)23-14-12-20(34-23)16-24-25(31)30(19-9-5-2-6-10-19)27(35-24)29-18-7-3-1-4-8-18/h1-16H,(H,32,33)/b24-16+,29-27?. The molecule has 4 aromatic rings. The Kier molecular flexibility index (Phi) is 6.27. The first-order valence-corrected chi connectivity index (χ1v) is 11.7. The fraction of sp³-hybridized carbons (Fsp3) is 0. The highest BCUT2D eigenvalue weighted by atomic mass is 35.5. The minimum atomic E-state index is -1.10. The van der Waals surface area contributed by atoms with Crippen LogP contribution in [0.15, 0.2) is 105 Å². The normalized spacial score (nSPS) is 15.8. The SMILES string of the molecule is O=C(O)c1ccc(-c2ccc(/C=C3/SC(=Nc4ccccc4)N(c4ccccc4)C3=O)o2)cc1Cl. The van der Waals surface area contributed by atoms with E-state index in [0.29, 0.717) is 27.2 Å². The fourth-order valence-electron chi connectivity index (χ4n) is 3.52. The van der Waals surface area contributed by atoms with Crippen LogP contribution < -0.4 is 4.90 Å². The molecule has 0 unspecified atom stereocenters. The van der Waals surface area contributed by atoms with Crippen LogP contribution in [0.5, 0.6) is 0 Å². The van der Waals surface area contributed by atoms with Crippen LogP contribution in [0.3, 0.4) is 0 Å². The Morgan fingerprint density at radius 3 is 2.37 bits per heavy atom. The Morgan fingerprint density at radius 2 is 1.69 bits per heavy atom. The van der Waals surface area contributed by atoms with E-state index in [1.807, 2.05) is 60.7 Å². The van der Waals surface area contributed by atoms with Crippen LogP contribution in [0.2, 0.25) is 5.02 Å². The predicted octanol–water partition coefficient (Wildman–Crippen LogP) is 7.11. The van der Waals surface area contributed by atoms with Crippen molar-refractivity contribution >= 4 is 57.9 Å². The number of furan rings is 1. The van der Waals surface area contributed by atoms with E-state index in [9.17, 15) is 14.7 Å². The van der Waals surface area contributed by atoms with Crippen molar-refractivity contribution in [3.05, 3.63) is 112 Å². The second kappa shape index (κ2) is 9.66. The summed E-state index contributed by atoms with van der Waals surface area (Å²) in [4.78, 5) is 31.3. The summed E-state index contributed by atoms with van der Waals surface area (Å²) in [6, 6.07) is 26.9. The van der Waals surface area contributed by atoms with E-state index >= 15 is 0 Å². The van der Waals surface area contributed by atoms with Crippen molar-refractivity contribution in [2.24, 2.45) is 4.99 Å². The lowest BCUT2D eigenvalue weighted by molar-refractivity contribution is -0.113. The number of hydrogen-bond acceptors (Lipinski definition) is 5. The second-order valence-corrected chi connectivity index (χ2v) is 8.93. The quantitative estimate of drug-likeness (QED) is 0.295. The molecule has 8 heteroatoms. The number of hydrogen-bond donors (Lipinski definition) is 1. The molecule has 1 fully saturated rings. The van der Waals surface area contributed by atoms with Gasteiger partial charge in [-0.15, -0.1) is 0 Å². The molecule has 0 radical (unpaired) electrons. The van der Waals surface area contributed by atoms with Gasteiger partial charge in [-0.1, -0.05) is 54.1 Å². The Bertz CT molecular complexity index is 1480. The maximum atomic E-state index is 13.4. The van der Waals surface area contributed by atoms with Crippen molar-refractivity contribution in [2.45, 2.75) is 0 Å². The zero-order valence-electron chi connectivity index (χ0n) is 18.1. The van der Waals surface area contributed by atoms with Crippen LogP contribution in [0.1, 0.15) is 16.1 Å². The summed E-state index contributed by atoms with van der Waals surface area (Å²) in [6.45, 7) is 0. The first-order valence-electron chi connectivity index (χ1n) is 10.6. The van der Waals surface area contributed by atoms with E-state index in [1.54, 1.807) is 29.2 Å². The number of aromatic carboxylic acids is 1. The molecule has 0 saturated carbocycles. The molecule has 1 amide bonds. The number of aliphatic imine (C=N–C) groups is 1. The number of carbonyl (C=O) groups is 2. The Hall–Kier alpha value is -4.07. The second-order valence-electron chi connectivity index (χ2n) is 7.52. The monoisotopic (exact) mass is 500 g/mol. The Balaban J connectivity index is 1.48. The number of halogens is 1. The van der Waals surface area contributed by atoms with Gasteiger partial charge in [-0.3, -0.25) is 9.69 Å². The summed E-state index contributed by atoms with van der Waals surface area (Å²) in [5.74, 6) is -0.325. The number of rotatable bonds is 5. The molecular weight excluding hydrogens is 484 g/mol. The van der Waals surface area contributed by atoms with E-state index in [4.69, 9.17) is 21.0 Å². The van der Waals surface area contributed by atoms with Crippen molar-refractivity contribution in [3.8, 4) is 11.3 Å². The number of benzene rings is 3. The minimum absolute atomic E-state index is 0.0171. The van der Waals surface area contributed by atoms with Crippen LogP contribution in [0, 0.1) is 0 Å². The molecule has 1 aliphatic heterocycles. The van der Waals surface area contributed by atoms with E-state index in [0.717, 1.165) is 11.4 Å². The van der Waals surface area contributed by atoms with Crippen molar-refractivity contribution in [1.29, 1.82) is 0 Å². The predicted molar refractivity (Wildman–Crippen MR) is 139 cm³/mol. The fourth-order valence-corrected chi connectivity index (χ4v) is 4.77. The number of carbonyl (C=O) groups excluding carboxylic acids is 1.